The highest BCUT2D eigenvalue weighted by Crippen LogP contribution is 2.45. The van der Waals surface area contributed by atoms with E-state index < -0.39 is 46.5 Å². The normalized spacial score (nSPS) is 19.5. The summed E-state index contributed by atoms with van der Waals surface area (Å²) in [7, 11) is 1.79. The van der Waals surface area contributed by atoms with Crippen LogP contribution in [-0.4, -0.2) is 53.5 Å². The molecule has 2 N–H and O–H groups in total. The minimum absolute atomic E-state index is 0.0128. The van der Waals surface area contributed by atoms with Gasteiger partial charge in [0.2, 0.25) is 0 Å². The zero-order chi connectivity index (χ0) is 24.9. The number of halogens is 5. The number of likely N-dealkylation sites (tertiary alicyclic amines) is 1. The Morgan fingerprint density at radius 1 is 1.29 bits per heavy atom. The third kappa shape index (κ3) is 4.63. The van der Waals surface area contributed by atoms with E-state index in [4.69, 9.17) is 27.6 Å². The van der Waals surface area contributed by atoms with Crippen molar-refractivity contribution in [3.05, 3.63) is 42.7 Å². The average Bonchev–Trinajstić information content (AvgIpc) is 3.06. The Kier molecular flexibility index (Phi) is 6.60. The van der Waals surface area contributed by atoms with Gasteiger partial charge in [-0.3, -0.25) is 4.79 Å². The molecule has 182 valence electrons. The minimum Gasteiger partial charge on any atom is -0.507 e. The molecule has 3 heterocycles. The second-order valence-electron chi connectivity index (χ2n) is 7.84. The maximum Gasteiger partial charge on any atom is 0.491 e. The van der Waals surface area contributed by atoms with E-state index in [1.165, 1.54) is 6.07 Å². The number of ether oxygens (including phenoxy) is 1. The number of nitrogens with zero attached hydrogens (tertiary/aromatic N) is 1. The van der Waals surface area contributed by atoms with E-state index in [1.807, 2.05) is 4.90 Å². The summed E-state index contributed by atoms with van der Waals surface area (Å²) in [5.74, 6) is -4.77. The highest BCUT2D eigenvalue weighted by molar-refractivity contribution is 7.20. The minimum atomic E-state index is -5.34. The van der Waals surface area contributed by atoms with Crippen molar-refractivity contribution < 1.29 is 37.3 Å². The molecule has 2 atom stereocenters. The molecule has 0 spiro atoms. The number of esters is 1. The summed E-state index contributed by atoms with van der Waals surface area (Å²) in [6.45, 7) is 0.773. The molecule has 7 nitrogen and oxygen atoms in total. The number of carbonyl (C=O) groups is 1. The molecule has 13 heteroatoms. The first kappa shape index (κ1) is 24.8. The van der Waals surface area contributed by atoms with Crippen molar-refractivity contribution in [2.45, 2.75) is 24.6 Å². The SMILES string of the molecule is CN1CC[C@H](c2c(O)cc(OC(=O)C(F)(F)F)c3c(=O)cc(-c4cc(Cl)sc4Cl)oc23)[C@H](O)C1. The fourth-order valence-corrected chi connectivity index (χ4v) is 5.44. The summed E-state index contributed by atoms with van der Waals surface area (Å²) in [5.41, 5.74) is -0.899. The molecule has 0 saturated carbocycles. The molecule has 4 rings (SSSR count). The van der Waals surface area contributed by atoms with Crippen LogP contribution in [0.3, 0.4) is 0 Å². The van der Waals surface area contributed by atoms with Crippen LogP contribution < -0.4 is 10.2 Å². The highest BCUT2D eigenvalue weighted by Gasteiger charge is 2.42. The standard InChI is InChI=1S/C21H16Cl2F3NO6S/c1-27-3-2-8(12(30)7-27)16-10(28)6-14(33-20(31)21(24,25)26)17-11(29)5-13(32-18(16)17)9-4-15(22)34-19(9)23/h4-6,8,12,28,30H,2-3,7H2,1H3/t8-,12+/m0/s1. The number of hydrogen-bond acceptors (Lipinski definition) is 8. The van der Waals surface area contributed by atoms with Gasteiger partial charge in [-0.25, -0.2) is 4.79 Å². The van der Waals surface area contributed by atoms with Gasteiger partial charge in [0.15, 0.2) is 5.43 Å². The lowest BCUT2D eigenvalue weighted by Gasteiger charge is -2.34. The van der Waals surface area contributed by atoms with E-state index in [1.54, 1.807) is 7.05 Å². The number of alkyl halides is 3. The number of thiophene rings is 1. The molecule has 0 bridgehead atoms. The van der Waals surface area contributed by atoms with Gasteiger partial charge in [-0.05, 0) is 26.1 Å². The molecular formula is C21H16Cl2F3NO6S. The Bertz CT molecular complexity index is 1340. The molecule has 1 fully saturated rings. The molecule has 1 aromatic carbocycles. The molecule has 0 radical (unpaired) electrons. The number of carbonyl (C=O) groups excluding carboxylic acids is 1. The van der Waals surface area contributed by atoms with Crippen molar-refractivity contribution >= 4 is 51.5 Å². The maximum atomic E-state index is 13.1. The van der Waals surface area contributed by atoms with E-state index in [2.05, 4.69) is 4.74 Å². The zero-order valence-corrected chi connectivity index (χ0v) is 19.6. The van der Waals surface area contributed by atoms with Crippen LogP contribution in [0.15, 0.2) is 27.4 Å². The highest BCUT2D eigenvalue weighted by atomic mass is 35.5. The van der Waals surface area contributed by atoms with Crippen LogP contribution in [0.4, 0.5) is 13.2 Å². The number of phenolic OH excluding ortho intramolecular Hbond substituents is 1. The molecule has 0 aliphatic carbocycles. The summed E-state index contributed by atoms with van der Waals surface area (Å²) < 4.78 is 49.3. The van der Waals surface area contributed by atoms with E-state index in [0.717, 1.165) is 23.5 Å². The van der Waals surface area contributed by atoms with Gasteiger partial charge >= 0.3 is 12.1 Å². The van der Waals surface area contributed by atoms with Gasteiger partial charge in [0.05, 0.1) is 10.4 Å². The van der Waals surface area contributed by atoms with Gasteiger partial charge in [0, 0.05) is 35.7 Å². The van der Waals surface area contributed by atoms with Crippen molar-refractivity contribution in [3.63, 3.8) is 0 Å². The molecule has 1 saturated heterocycles. The van der Waals surface area contributed by atoms with E-state index in [0.29, 0.717) is 17.3 Å². The largest absolute Gasteiger partial charge is 0.507 e. The first-order chi connectivity index (χ1) is 15.9. The van der Waals surface area contributed by atoms with Gasteiger partial charge in [0.25, 0.3) is 0 Å². The van der Waals surface area contributed by atoms with Gasteiger partial charge < -0.3 is 24.3 Å². The van der Waals surface area contributed by atoms with Crippen molar-refractivity contribution in [2.75, 3.05) is 20.1 Å². The predicted octanol–water partition coefficient (Wildman–Crippen LogP) is 4.78. The summed E-state index contributed by atoms with van der Waals surface area (Å²) >= 11 is 13.2. The quantitative estimate of drug-likeness (QED) is 0.366. The summed E-state index contributed by atoms with van der Waals surface area (Å²) in [6.07, 6.45) is -5.98. The Morgan fingerprint density at radius 2 is 2.00 bits per heavy atom. The van der Waals surface area contributed by atoms with E-state index >= 15 is 0 Å². The van der Waals surface area contributed by atoms with Gasteiger partial charge in [-0.2, -0.15) is 13.2 Å². The molecule has 2 aromatic heterocycles. The second-order valence-corrected chi connectivity index (χ2v) is 10.1. The van der Waals surface area contributed by atoms with Gasteiger partial charge in [-0.15, -0.1) is 11.3 Å². The van der Waals surface area contributed by atoms with Crippen molar-refractivity contribution in [1.29, 1.82) is 0 Å². The van der Waals surface area contributed by atoms with E-state index in [-0.39, 0.29) is 33.4 Å². The Morgan fingerprint density at radius 3 is 2.59 bits per heavy atom. The first-order valence-corrected chi connectivity index (χ1v) is 11.4. The number of β-amino-alcohol motifs (C(OH)–C–C–N with tert-alkyl or cyclic N) is 1. The number of benzene rings is 1. The number of phenols is 1. The summed E-state index contributed by atoms with van der Waals surface area (Å²) in [4.78, 5) is 26.4. The zero-order valence-electron chi connectivity index (χ0n) is 17.3. The number of aliphatic hydroxyl groups excluding tert-OH is 1. The Balaban J connectivity index is 1.99. The van der Waals surface area contributed by atoms with Crippen LogP contribution in [0.25, 0.3) is 22.3 Å². The van der Waals surface area contributed by atoms with Crippen LogP contribution in [0.1, 0.15) is 17.9 Å². The molecule has 1 aliphatic rings. The third-order valence-corrected chi connectivity index (χ3v) is 6.98. The van der Waals surface area contributed by atoms with Gasteiger partial charge in [0.1, 0.15) is 32.6 Å². The Labute approximate surface area is 203 Å². The van der Waals surface area contributed by atoms with Crippen molar-refractivity contribution in [3.8, 4) is 22.8 Å². The van der Waals surface area contributed by atoms with E-state index in [9.17, 15) is 33.0 Å². The molecule has 0 amide bonds. The number of aromatic hydroxyl groups is 1. The second kappa shape index (κ2) is 9.04. The van der Waals surface area contributed by atoms with Crippen LogP contribution in [0.5, 0.6) is 11.5 Å². The smallest absolute Gasteiger partial charge is 0.491 e. The average molecular weight is 538 g/mol. The third-order valence-electron chi connectivity index (χ3n) is 5.49. The van der Waals surface area contributed by atoms with Gasteiger partial charge in [-0.1, -0.05) is 23.2 Å². The molecular weight excluding hydrogens is 522 g/mol. The number of rotatable bonds is 3. The lowest BCUT2D eigenvalue weighted by atomic mass is 9.85. The summed E-state index contributed by atoms with van der Waals surface area (Å²) in [5, 5.41) is 20.9. The topological polar surface area (TPSA) is 100 Å². The summed E-state index contributed by atoms with van der Waals surface area (Å²) in [6, 6.07) is 3.16. The number of piperidine rings is 1. The fourth-order valence-electron chi connectivity index (χ4n) is 3.97. The molecule has 0 unspecified atom stereocenters. The fraction of sp³-hybridized carbons (Fsp3) is 0.333. The number of hydrogen-bond donors (Lipinski definition) is 2. The molecule has 34 heavy (non-hydrogen) atoms. The maximum absolute atomic E-state index is 13.1. The van der Waals surface area contributed by atoms with Crippen molar-refractivity contribution in [1.82, 2.24) is 4.90 Å². The lowest BCUT2D eigenvalue weighted by molar-refractivity contribution is -0.189. The number of fused-ring (bicyclic) bond motifs is 1. The molecule has 3 aromatic rings. The predicted molar refractivity (Wildman–Crippen MR) is 120 cm³/mol. The van der Waals surface area contributed by atoms with Crippen molar-refractivity contribution in [2.24, 2.45) is 0 Å². The monoisotopic (exact) mass is 537 g/mol. The van der Waals surface area contributed by atoms with Crippen LogP contribution in [0.2, 0.25) is 8.67 Å². The Hall–Kier alpha value is -2.31. The molecule has 1 aliphatic heterocycles. The van der Waals surface area contributed by atoms with Crippen LogP contribution >= 0.6 is 34.5 Å². The van der Waals surface area contributed by atoms with Crippen LogP contribution in [0, 0.1) is 0 Å². The number of aliphatic hydroxyl groups is 1. The van der Waals surface area contributed by atoms with Crippen LogP contribution in [-0.2, 0) is 4.79 Å². The number of likely N-dealkylation sites (N-methyl/N-ethyl adjacent to an activating group) is 1. The lowest BCUT2D eigenvalue weighted by Crippen LogP contribution is -2.40. The first-order valence-electron chi connectivity index (χ1n) is 9.81.